The van der Waals surface area contributed by atoms with Crippen molar-refractivity contribution in [1.82, 2.24) is 5.32 Å². The molecule has 3 nitrogen and oxygen atoms in total. The van der Waals surface area contributed by atoms with Crippen LogP contribution in [-0.4, -0.2) is 32.5 Å². The molecule has 4 heteroatoms. The Balaban J connectivity index is 2.11. The van der Waals surface area contributed by atoms with Gasteiger partial charge in [0, 0.05) is 6.04 Å². The maximum Gasteiger partial charge on any atom is 0.151 e. The quantitative estimate of drug-likeness (QED) is 0.711. The average molecular weight is 233 g/mol. The molecule has 90 valence electrons. The van der Waals surface area contributed by atoms with E-state index in [9.17, 15) is 8.42 Å². The molecular weight excluding hydrogens is 210 g/mol. The third kappa shape index (κ3) is 5.52. The molecule has 0 bridgehead atoms. The van der Waals surface area contributed by atoms with E-state index in [1.807, 2.05) is 0 Å². The Labute approximate surface area is 93.6 Å². The summed E-state index contributed by atoms with van der Waals surface area (Å²) in [6, 6.07) is 0.213. The highest BCUT2D eigenvalue weighted by Gasteiger charge is 2.23. The van der Waals surface area contributed by atoms with Crippen molar-refractivity contribution in [3.8, 4) is 0 Å². The first-order valence-electron chi connectivity index (χ1n) is 6.08. The van der Waals surface area contributed by atoms with Gasteiger partial charge in [-0.2, -0.15) is 0 Å². The molecule has 15 heavy (non-hydrogen) atoms. The summed E-state index contributed by atoms with van der Waals surface area (Å²) in [5.74, 6) is 0.738. The van der Waals surface area contributed by atoms with Crippen molar-refractivity contribution < 1.29 is 8.42 Å². The van der Waals surface area contributed by atoms with Crippen molar-refractivity contribution in [2.45, 2.75) is 51.5 Å². The summed E-state index contributed by atoms with van der Waals surface area (Å²) in [6.07, 6.45) is 6.80. The van der Waals surface area contributed by atoms with Crippen LogP contribution in [0.1, 0.15) is 45.4 Å². The van der Waals surface area contributed by atoms with Crippen molar-refractivity contribution in [2.24, 2.45) is 0 Å². The molecule has 1 aliphatic heterocycles. The van der Waals surface area contributed by atoms with Gasteiger partial charge in [0.05, 0.1) is 11.5 Å². The lowest BCUT2D eigenvalue weighted by molar-refractivity contribution is 0.469. The van der Waals surface area contributed by atoms with E-state index in [-0.39, 0.29) is 6.04 Å². The first-order chi connectivity index (χ1) is 7.14. The molecule has 1 atom stereocenters. The lowest BCUT2D eigenvalue weighted by atomic mass is 10.1. The minimum atomic E-state index is -2.74. The zero-order valence-electron chi connectivity index (χ0n) is 9.67. The van der Waals surface area contributed by atoms with Gasteiger partial charge in [-0.15, -0.1) is 0 Å². The number of nitrogens with one attached hydrogen (secondary N) is 1. The van der Waals surface area contributed by atoms with E-state index >= 15 is 0 Å². The average Bonchev–Trinajstić information content (AvgIpc) is 2.16. The SMILES string of the molecule is CCCCCCNC1CCCS(=O)(=O)C1. The number of rotatable bonds is 6. The Kier molecular flexibility index (Phi) is 5.61. The van der Waals surface area contributed by atoms with E-state index in [0.717, 1.165) is 19.4 Å². The molecule has 0 amide bonds. The monoisotopic (exact) mass is 233 g/mol. The summed E-state index contributed by atoms with van der Waals surface area (Å²) in [7, 11) is -2.74. The third-order valence-electron chi connectivity index (χ3n) is 2.93. The van der Waals surface area contributed by atoms with E-state index in [0.29, 0.717) is 11.5 Å². The van der Waals surface area contributed by atoms with Crippen LogP contribution >= 0.6 is 0 Å². The fourth-order valence-corrected chi connectivity index (χ4v) is 3.71. The van der Waals surface area contributed by atoms with Gasteiger partial charge in [0.15, 0.2) is 9.84 Å². The van der Waals surface area contributed by atoms with Gasteiger partial charge in [0.1, 0.15) is 0 Å². The molecule has 0 aromatic carbocycles. The summed E-state index contributed by atoms with van der Waals surface area (Å²) in [4.78, 5) is 0. The smallest absolute Gasteiger partial charge is 0.151 e. The van der Waals surface area contributed by atoms with Crippen LogP contribution in [0.15, 0.2) is 0 Å². The van der Waals surface area contributed by atoms with Crippen LogP contribution in [0.4, 0.5) is 0 Å². The predicted octanol–water partition coefficient (Wildman–Crippen LogP) is 1.73. The van der Waals surface area contributed by atoms with Crippen molar-refractivity contribution in [3.63, 3.8) is 0 Å². The molecule has 1 rings (SSSR count). The summed E-state index contributed by atoms with van der Waals surface area (Å²) < 4.78 is 22.7. The molecule has 1 fully saturated rings. The summed E-state index contributed by atoms with van der Waals surface area (Å²) >= 11 is 0. The van der Waals surface area contributed by atoms with Gasteiger partial charge in [-0.25, -0.2) is 8.42 Å². The number of unbranched alkanes of at least 4 members (excludes halogenated alkanes) is 3. The molecule has 0 aromatic rings. The molecule has 1 heterocycles. The Morgan fingerprint density at radius 3 is 2.73 bits per heavy atom. The van der Waals surface area contributed by atoms with E-state index in [4.69, 9.17) is 0 Å². The topological polar surface area (TPSA) is 46.2 Å². The van der Waals surface area contributed by atoms with Crippen LogP contribution in [0.25, 0.3) is 0 Å². The van der Waals surface area contributed by atoms with E-state index in [2.05, 4.69) is 12.2 Å². The first-order valence-corrected chi connectivity index (χ1v) is 7.90. The first kappa shape index (κ1) is 13.0. The molecule has 0 radical (unpaired) electrons. The Bertz CT molecular complexity index is 262. The summed E-state index contributed by atoms with van der Waals surface area (Å²) in [5.41, 5.74) is 0. The minimum absolute atomic E-state index is 0.213. The molecule has 0 aliphatic carbocycles. The molecular formula is C11H23NO2S. The highest BCUT2D eigenvalue weighted by atomic mass is 32.2. The van der Waals surface area contributed by atoms with Crippen LogP contribution in [0.5, 0.6) is 0 Å². The van der Waals surface area contributed by atoms with Crippen LogP contribution in [0.2, 0.25) is 0 Å². The van der Waals surface area contributed by atoms with Gasteiger partial charge in [-0.1, -0.05) is 26.2 Å². The van der Waals surface area contributed by atoms with Crippen molar-refractivity contribution >= 4 is 9.84 Å². The van der Waals surface area contributed by atoms with Crippen LogP contribution in [0.3, 0.4) is 0 Å². The maximum absolute atomic E-state index is 11.4. The van der Waals surface area contributed by atoms with Crippen LogP contribution < -0.4 is 5.32 Å². The predicted molar refractivity (Wildman–Crippen MR) is 63.8 cm³/mol. The van der Waals surface area contributed by atoms with Gasteiger partial charge < -0.3 is 5.32 Å². The lowest BCUT2D eigenvalue weighted by Gasteiger charge is -2.23. The molecule has 0 saturated carbocycles. The van der Waals surface area contributed by atoms with Crippen molar-refractivity contribution in [1.29, 1.82) is 0 Å². The van der Waals surface area contributed by atoms with Gasteiger partial charge in [-0.05, 0) is 25.8 Å². The summed E-state index contributed by atoms with van der Waals surface area (Å²) in [5, 5.41) is 3.36. The minimum Gasteiger partial charge on any atom is -0.313 e. The summed E-state index contributed by atoms with van der Waals surface area (Å²) in [6.45, 7) is 3.17. The van der Waals surface area contributed by atoms with E-state index < -0.39 is 9.84 Å². The lowest BCUT2D eigenvalue weighted by Crippen LogP contribution is -2.40. The second-order valence-electron chi connectivity index (χ2n) is 4.47. The molecule has 1 unspecified atom stereocenters. The van der Waals surface area contributed by atoms with Gasteiger partial charge in [0.25, 0.3) is 0 Å². The normalized spacial score (nSPS) is 25.3. The number of hydrogen-bond acceptors (Lipinski definition) is 3. The fourth-order valence-electron chi connectivity index (χ4n) is 2.04. The van der Waals surface area contributed by atoms with Gasteiger partial charge in [-0.3, -0.25) is 0 Å². The standard InChI is InChI=1S/C11H23NO2S/c1-2-3-4-5-8-12-11-7-6-9-15(13,14)10-11/h11-12H,2-10H2,1H3. The molecule has 1 saturated heterocycles. The Morgan fingerprint density at radius 1 is 1.27 bits per heavy atom. The number of hydrogen-bond donors (Lipinski definition) is 1. The van der Waals surface area contributed by atoms with Crippen molar-refractivity contribution in [3.05, 3.63) is 0 Å². The Hall–Kier alpha value is -0.0900. The van der Waals surface area contributed by atoms with Gasteiger partial charge in [0.2, 0.25) is 0 Å². The maximum atomic E-state index is 11.4. The van der Waals surface area contributed by atoms with Crippen LogP contribution in [-0.2, 0) is 9.84 Å². The highest BCUT2D eigenvalue weighted by Crippen LogP contribution is 2.12. The number of sulfone groups is 1. The molecule has 0 spiro atoms. The van der Waals surface area contributed by atoms with Crippen molar-refractivity contribution in [2.75, 3.05) is 18.1 Å². The largest absolute Gasteiger partial charge is 0.313 e. The van der Waals surface area contributed by atoms with E-state index in [1.165, 1.54) is 25.7 Å². The van der Waals surface area contributed by atoms with E-state index in [1.54, 1.807) is 0 Å². The Morgan fingerprint density at radius 2 is 2.07 bits per heavy atom. The van der Waals surface area contributed by atoms with Gasteiger partial charge >= 0.3 is 0 Å². The zero-order chi connectivity index (χ0) is 11.1. The molecule has 1 N–H and O–H groups in total. The molecule has 1 aliphatic rings. The molecule has 0 aromatic heterocycles. The fraction of sp³-hybridized carbons (Fsp3) is 1.00. The highest BCUT2D eigenvalue weighted by molar-refractivity contribution is 7.91. The second-order valence-corrected chi connectivity index (χ2v) is 6.70. The second kappa shape index (κ2) is 6.48. The zero-order valence-corrected chi connectivity index (χ0v) is 10.5. The third-order valence-corrected chi connectivity index (χ3v) is 4.75. The van der Waals surface area contributed by atoms with Crippen LogP contribution in [0, 0.1) is 0 Å².